The van der Waals surface area contributed by atoms with E-state index in [1.165, 1.54) is 0 Å². The summed E-state index contributed by atoms with van der Waals surface area (Å²) in [6.07, 6.45) is 0. The summed E-state index contributed by atoms with van der Waals surface area (Å²) in [4.78, 5) is 15.9. The van der Waals surface area contributed by atoms with Crippen molar-refractivity contribution in [2.24, 2.45) is 5.73 Å². The lowest BCUT2D eigenvalue weighted by Gasteiger charge is -2.14. The largest absolute Gasteiger partial charge is 0.480 e. The highest BCUT2D eigenvalue weighted by atomic mass is 16.4. The maximum atomic E-state index is 11.3. The number of nitrogens with two attached hydrogens (primary N) is 1. The number of nitrogens with zero attached hydrogens (tertiary/aromatic N) is 1. The molecule has 3 N–H and O–H groups in total. The maximum absolute atomic E-state index is 11.3. The van der Waals surface area contributed by atoms with E-state index < -0.39 is 12.0 Å². The smallest absolute Gasteiger partial charge is 0.325 e. The zero-order valence-corrected chi connectivity index (χ0v) is 11.0. The molecule has 0 fully saturated rings. The van der Waals surface area contributed by atoms with E-state index in [2.05, 4.69) is 4.98 Å². The normalized spacial score (nSPS) is 12.7. The van der Waals surface area contributed by atoms with Gasteiger partial charge in [0.25, 0.3) is 0 Å². The van der Waals surface area contributed by atoms with Crippen molar-refractivity contribution >= 4 is 27.8 Å². The van der Waals surface area contributed by atoms with Gasteiger partial charge in [-0.05, 0) is 30.7 Å². The number of carbonyl (C=O) groups is 1. The maximum Gasteiger partial charge on any atom is 0.325 e. The van der Waals surface area contributed by atoms with Crippen LogP contribution in [0.25, 0.3) is 21.8 Å². The first-order chi connectivity index (χ1) is 9.58. The fraction of sp³-hybridized carbons (Fsp3) is 0.125. The Morgan fingerprint density at radius 2 is 1.85 bits per heavy atom. The van der Waals surface area contributed by atoms with Crippen molar-refractivity contribution in [3.63, 3.8) is 0 Å². The minimum atomic E-state index is -1.06. The standard InChI is InChI=1S/C16H14N2O2/c1-9-6-7-13-11(8-9)14(15(17)16(19)20)10-4-2-3-5-12(10)18-13/h2-8,15H,17H2,1H3,(H,19,20)/t15-/m1/s1. The number of para-hydroxylation sites is 1. The van der Waals surface area contributed by atoms with Crippen LogP contribution < -0.4 is 5.73 Å². The highest BCUT2D eigenvalue weighted by Gasteiger charge is 2.20. The van der Waals surface area contributed by atoms with E-state index in [1.54, 1.807) is 0 Å². The number of hydrogen-bond acceptors (Lipinski definition) is 3. The van der Waals surface area contributed by atoms with Crippen molar-refractivity contribution in [3.05, 3.63) is 53.6 Å². The van der Waals surface area contributed by atoms with Crippen LogP contribution in [0.4, 0.5) is 0 Å². The summed E-state index contributed by atoms with van der Waals surface area (Å²) in [6.45, 7) is 1.96. The molecule has 0 saturated carbocycles. The van der Waals surface area contributed by atoms with Crippen LogP contribution in [-0.2, 0) is 4.79 Å². The van der Waals surface area contributed by atoms with Gasteiger partial charge in [-0.1, -0.05) is 29.8 Å². The topological polar surface area (TPSA) is 76.2 Å². The van der Waals surface area contributed by atoms with Crippen LogP contribution in [0.15, 0.2) is 42.5 Å². The van der Waals surface area contributed by atoms with Gasteiger partial charge in [0.15, 0.2) is 0 Å². The number of carboxylic acids is 1. The zero-order chi connectivity index (χ0) is 14.3. The lowest BCUT2D eigenvalue weighted by atomic mass is 9.96. The van der Waals surface area contributed by atoms with Gasteiger partial charge in [-0.25, -0.2) is 4.98 Å². The van der Waals surface area contributed by atoms with Crippen LogP contribution >= 0.6 is 0 Å². The SMILES string of the molecule is Cc1ccc2nc3ccccc3c([C@@H](N)C(=O)O)c2c1. The lowest BCUT2D eigenvalue weighted by Crippen LogP contribution is -2.21. The lowest BCUT2D eigenvalue weighted by molar-refractivity contribution is -0.138. The molecule has 0 aliphatic heterocycles. The number of aromatic nitrogens is 1. The molecule has 3 rings (SSSR count). The highest BCUT2D eigenvalue weighted by Crippen LogP contribution is 2.30. The molecule has 0 saturated heterocycles. The average molecular weight is 266 g/mol. The van der Waals surface area contributed by atoms with Crippen LogP contribution in [-0.4, -0.2) is 16.1 Å². The predicted molar refractivity (Wildman–Crippen MR) is 78.6 cm³/mol. The summed E-state index contributed by atoms with van der Waals surface area (Å²) in [5.41, 5.74) is 9.09. The van der Waals surface area contributed by atoms with E-state index in [4.69, 9.17) is 5.73 Å². The fourth-order valence-corrected chi connectivity index (χ4v) is 2.50. The van der Waals surface area contributed by atoms with Gasteiger partial charge in [0.05, 0.1) is 11.0 Å². The molecule has 0 aliphatic carbocycles. The second-order valence-electron chi connectivity index (χ2n) is 4.88. The van der Waals surface area contributed by atoms with Gasteiger partial charge in [-0.3, -0.25) is 4.79 Å². The van der Waals surface area contributed by atoms with Gasteiger partial charge in [-0.15, -0.1) is 0 Å². The van der Waals surface area contributed by atoms with Crippen molar-refractivity contribution in [2.75, 3.05) is 0 Å². The summed E-state index contributed by atoms with van der Waals surface area (Å²) in [5, 5.41) is 10.9. The third-order valence-electron chi connectivity index (χ3n) is 3.45. The van der Waals surface area contributed by atoms with Crippen LogP contribution in [0, 0.1) is 6.92 Å². The van der Waals surface area contributed by atoms with Crippen LogP contribution in [0.1, 0.15) is 17.2 Å². The third kappa shape index (κ3) is 1.90. The molecule has 3 aromatic rings. The van der Waals surface area contributed by atoms with E-state index in [-0.39, 0.29) is 0 Å². The molecular formula is C16H14N2O2. The Kier molecular flexibility index (Phi) is 2.88. The molecule has 4 nitrogen and oxygen atoms in total. The monoisotopic (exact) mass is 266 g/mol. The Balaban J connectivity index is 2.50. The summed E-state index contributed by atoms with van der Waals surface area (Å²) in [5.74, 6) is -1.04. The second-order valence-corrected chi connectivity index (χ2v) is 4.88. The molecule has 20 heavy (non-hydrogen) atoms. The number of aliphatic carboxylic acids is 1. The number of fused-ring (bicyclic) bond motifs is 2. The van der Waals surface area contributed by atoms with E-state index in [0.717, 1.165) is 27.4 Å². The Bertz CT molecular complexity index is 827. The predicted octanol–water partition coefficient (Wildman–Crippen LogP) is 2.78. The molecule has 0 amide bonds. The Morgan fingerprint density at radius 3 is 2.60 bits per heavy atom. The molecule has 0 radical (unpaired) electrons. The van der Waals surface area contributed by atoms with Crippen LogP contribution in [0.5, 0.6) is 0 Å². The number of benzene rings is 2. The highest BCUT2D eigenvalue weighted by molar-refractivity contribution is 6.01. The molecule has 2 aromatic carbocycles. The van der Waals surface area contributed by atoms with Crippen molar-refractivity contribution in [2.45, 2.75) is 13.0 Å². The molecule has 1 aromatic heterocycles. The number of carboxylic acid groups (broad SMARTS) is 1. The first-order valence-corrected chi connectivity index (χ1v) is 6.35. The first-order valence-electron chi connectivity index (χ1n) is 6.35. The summed E-state index contributed by atoms with van der Waals surface area (Å²) in [7, 11) is 0. The summed E-state index contributed by atoms with van der Waals surface area (Å²) < 4.78 is 0. The third-order valence-corrected chi connectivity index (χ3v) is 3.45. The van der Waals surface area contributed by atoms with Gasteiger partial charge in [-0.2, -0.15) is 0 Å². The Labute approximate surface area is 115 Å². The minimum absolute atomic E-state index is 0.627. The molecule has 0 bridgehead atoms. The molecule has 100 valence electrons. The summed E-state index contributed by atoms with van der Waals surface area (Å²) >= 11 is 0. The van der Waals surface area contributed by atoms with Gasteiger partial charge < -0.3 is 10.8 Å². The van der Waals surface area contributed by atoms with Crippen molar-refractivity contribution < 1.29 is 9.90 Å². The molecule has 1 atom stereocenters. The Hall–Kier alpha value is -2.46. The van der Waals surface area contributed by atoms with Gasteiger partial charge in [0.1, 0.15) is 6.04 Å². The molecule has 0 unspecified atom stereocenters. The number of pyridine rings is 1. The number of hydrogen-bond donors (Lipinski definition) is 2. The molecule has 0 spiro atoms. The van der Waals surface area contributed by atoms with E-state index in [0.29, 0.717) is 5.56 Å². The first kappa shape index (κ1) is 12.6. The fourth-order valence-electron chi connectivity index (χ4n) is 2.50. The van der Waals surface area contributed by atoms with Crippen molar-refractivity contribution in [1.82, 2.24) is 4.98 Å². The summed E-state index contributed by atoms with van der Waals surface area (Å²) in [6, 6.07) is 12.2. The molecule has 4 heteroatoms. The second kappa shape index (κ2) is 4.58. The quantitative estimate of drug-likeness (QED) is 0.699. The number of aryl methyl sites for hydroxylation is 1. The van der Waals surface area contributed by atoms with Gasteiger partial charge in [0.2, 0.25) is 0 Å². The minimum Gasteiger partial charge on any atom is -0.480 e. The molecule has 1 heterocycles. The van der Waals surface area contributed by atoms with Gasteiger partial charge in [0, 0.05) is 10.8 Å². The van der Waals surface area contributed by atoms with E-state index >= 15 is 0 Å². The van der Waals surface area contributed by atoms with Crippen molar-refractivity contribution in [1.29, 1.82) is 0 Å². The van der Waals surface area contributed by atoms with E-state index in [1.807, 2.05) is 49.4 Å². The molecule has 0 aliphatic rings. The van der Waals surface area contributed by atoms with Gasteiger partial charge >= 0.3 is 5.97 Å². The van der Waals surface area contributed by atoms with Crippen LogP contribution in [0.3, 0.4) is 0 Å². The van der Waals surface area contributed by atoms with Crippen LogP contribution in [0.2, 0.25) is 0 Å². The van der Waals surface area contributed by atoms with Crippen molar-refractivity contribution in [3.8, 4) is 0 Å². The average Bonchev–Trinajstić information content (AvgIpc) is 2.44. The molecular weight excluding hydrogens is 252 g/mol. The van der Waals surface area contributed by atoms with E-state index in [9.17, 15) is 9.90 Å². The zero-order valence-electron chi connectivity index (χ0n) is 11.0. The number of rotatable bonds is 2. The Morgan fingerprint density at radius 1 is 1.15 bits per heavy atom.